The maximum Gasteiger partial charge on any atom is 0.262 e. The maximum absolute atomic E-state index is 12.3. The topological polar surface area (TPSA) is 75.7 Å². The van der Waals surface area contributed by atoms with E-state index in [2.05, 4.69) is 5.32 Å². The number of hydrogen-bond donors (Lipinski definition) is 1. The zero-order valence-corrected chi connectivity index (χ0v) is 18.9. The second-order valence-corrected chi connectivity index (χ2v) is 9.46. The first-order valence-electron chi connectivity index (χ1n) is 9.22. The van der Waals surface area contributed by atoms with Gasteiger partial charge in [-0.2, -0.15) is 0 Å². The smallest absolute Gasteiger partial charge is 0.262 e. The van der Waals surface area contributed by atoms with E-state index in [1.54, 1.807) is 72.8 Å². The van der Waals surface area contributed by atoms with Crippen LogP contribution >= 0.6 is 23.2 Å². The van der Waals surface area contributed by atoms with Crippen molar-refractivity contribution in [2.45, 2.75) is 6.54 Å². The highest BCUT2D eigenvalue weighted by atomic mass is 35.5. The molecule has 0 atom stereocenters. The van der Waals surface area contributed by atoms with Gasteiger partial charge in [0.05, 0.1) is 29.2 Å². The van der Waals surface area contributed by atoms with Crippen LogP contribution in [-0.2, 0) is 21.4 Å². The lowest BCUT2D eigenvalue weighted by atomic mass is 10.2. The average molecular weight is 479 g/mol. The van der Waals surface area contributed by atoms with Crippen molar-refractivity contribution >= 4 is 50.5 Å². The minimum absolute atomic E-state index is 0.163. The highest BCUT2D eigenvalue weighted by Crippen LogP contribution is 2.25. The van der Waals surface area contributed by atoms with E-state index in [-0.39, 0.29) is 19.1 Å². The van der Waals surface area contributed by atoms with Crippen LogP contribution in [0.5, 0.6) is 5.75 Å². The number of carbonyl (C=O) groups is 1. The molecule has 0 aromatic heterocycles. The molecule has 0 aliphatic heterocycles. The van der Waals surface area contributed by atoms with Gasteiger partial charge < -0.3 is 10.1 Å². The van der Waals surface area contributed by atoms with Gasteiger partial charge >= 0.3 is 0 Å². The number of ether oxygens (including phenoxy) is 1. The lowest BCUT2D eigenvalue weighted by molar-refractivity contribution is -0.118. The molecule has 0 unspecified atom stereocenters. The molecule has 0 spiro atoms. The van der Waals surface area contributed by atoms with Crippen LogP contribution in [0.4, 0.5) is 11.4 Å². The van der Waals surface area contributed by atoms with E-state index in [0.717, 1.165) is 11.8 Å². The summed E-state index contributed by atoms with van der Waals surface area (Å²) in [4.78, 5) is 12.1. The zero-order chi connectivity index (χ0) is 22.4. The number of rotatable bonds is 8. The molecule has 9 heteroatoms. The molecule has 1 amide bonds. The highest BCUT2D eigenvalue weighted by Gasteiger charge is 2.18. The number of anilines is 2. The predicted octanol–water partition coefficient (Wildman–Crippen LogP) is 4.98. The Hall–Kier alpha value is -2.74. The van der Waals surface area contributed by atoms with E-state index < -0.39 is 10.0 Å². The van der Waals surface area contributed by atoms with Crippen molar-refractivity contribution in [1.29, 1.82) is 0 Å². The standard InChI is InChI=1S/C22H20Cl2N2O4S/c1-31(28,29)26(14-16-6-8-17(23)9-7-16)18-10-12-19(13-11-18)30-15-22(27)25-21-5-3-2-4-20(21)24/h2-13H,14-15H2,1H3,(H,25,27). The number of benzene rings is 3. The maximum atomic E-state index is 12.3. The van der Waals surface area contributed by atoms with Crippen LogP contribution in [0, 0.1) is 0 Å². The summed E-state index contributed by atoms with van der Waals surface area (Å²) in [7, 11) is -3.52. The Morgan fingerprint density at radius 1 is 0.968 bits per heavy atom. The number of sulfonamides is 1. The molecule has 0 aliphatic rings. The van der Waals surface area contributed by atoms with E-state index in [4.69, 9.17) is 27.9 Å². The summed E-state index contributed by atoms with van der Waals surface area (Å²) < 4.78 is 31.4. The van der Waals surface area contributed by atoms with E-state index in [0.29, 0.717) is 27.2 Å². The molecule has 0 saturated carbocycles. The highest BCUT2D eigenvalue weighted by molar-refractivity contribution is 7.92. The van der Waals surface area contributed by atoms with Crippen LogP contribution in [-0.4, -0.2) is 27.2 Å². The van der Waals surface area contributed by atoms with E-state index in [1.807, 2.05) is 0 Å². The minimum atomic E-state index is -3.52. The molecule has 31 heavy (non-hydrogen) atoms. The molecular formula is C22H20Cl2N2O4S. The van der Waals surface area contributed by atoms with Crippen LogP contribution in [0.3, 0.4) is 0 Å². The third-order valence-corrected chi connectivity index (χ3v) is 6.00. The predicted molar refractivity (Wildman–Crippen MR) is 124 cm³/mol. The number of nitrogens with zero attached hydrogens (tertiary/aromatic N) is 1. The molecule has 1 N–H and O–H groups in total. The minimum Gasteiger partial charge on any atom is -0.484 e. The fraction of sp³-hybridized carbons (Fsp3) is 0.136. The Morgan fingerprint density at radius 2 is 1.61 bits per heavy atom. The molecule has 162 valence electrons. The molecule has 3 aromatic rings. The second kappa shape index (κ2) is 10.0. The Labute approximate surface area is 191 Å². The lowest BCUT2D eigenvalue weighted by Crippen LogP contribution is -2.29. The number of nitrogens with one attached hydrogen (secondary N) is 1. The molecular weight excluding hydrogens is 459 g/mol. The summed E-state index contributed by atoms with van der Waals surface area (Å²) >= 11 is 11.9. The molecule has 0 bridgehead atoms. The van der Waals surface area contributed by atoms with Crippen LogP contribution in [0.25, 0.3) is 0 Å². The van der Waals surface area contributed by atoms with Crippen molar-refractivity contribution < 1.29 is 17.9 Å². The normalized spacial score (nSPS) is 11.1. The Balaban J connectivity index is 1.65. The summed E-state index contributed by atoms with van der Waals surface area (Å²) in [5.41, 5.74) is 1.77. The second-order valence-electron chi connectivity index (χ2n) is 6.71. The molecule has 0 saturated heterocycles. The molecule has 0 heterocycles. The third-order valence-electron chi connectivity index (χ3n) is 4.28. The number of para-hydroxylation sites is 1. The van der Waals surface area contributed by atoms with Crippen molar-refractivity contribution in [3.63, 3.8) is 0 Å². The van der Waals surface area contributed by atoms with Crippen molar-refractivity contribution in [2.75, 3.05) is 22.5 Å². The fourth-order valence-corrected chi connectivity index (χ4v) is 3.96. The number of carbonyl (C=O) groups excluding carboxylic acids is 1. The Bertz CT molecular complexity index is 1150. The SMILES string of the molecule is CS(=O)(=O)N(Cc1ccc(Cl)cc1)c1ccc(OCC(=O)Nc2ccccc2Cl)cc1. The largest absolute Gasteiger partial charge is 0.484 e. The van der Waals surface area contributed by atoms with Crippen molar-refractivity contribution in [3.05, 3.63) is 88.4 Å². The van der Waals surface area contributed by atoms with Crippen LogP contribution in [0.15, 0.2) is 72.8 Å². The molecule has 0 aliphatic carbocycles. The van der Waals surface area contributed by atoms with E-state index >= 15 is 0 Å². The van der Waals surface area contributed by atoms with Gasteiger partial charge in [-0.05, 0) is 54.1 Å². The summed E-state index contributed by atoms with van der Waals surface area (Å²) in [6, 6.07) is 20.3. The summed E-state index contributed by atoms with van der Waals surface area (Å²) in [5.74, 6) is 0.0654. The van der Waals surface area contributed by atoms with Crippen molar-refractivity contribution in [1.82, 2.24) is 0 Å². The first-order valence-corrected chi connectivity index (χ1v) is 11.8. The van der Waals surface area contributed by atoms with Gasteiger partial charge in [0.15, 0.2) is 6.61 Å². The Morgan fingerprint density at radius 3 is 2.23 bits per heavy atom. The van der Waals surface area contributed by atoms with E-state index in [1.165, 1.54) is 4.31 Å². The molecule has 0 fully saturated rings. The van der Waals surface area contributed by atoms with Crippen molar-refractivity contribution in [3.8, 4) is 5.75 Å². The van der Waals surface area contributed by atoms with Gasteiger partial charge in [0.1, 0.15) is 5.75 Å². The van der Waals surface area contributed by atoms with Crippen LogP contribution < -0.4 is 14.4 Å². The number of amides is 1. The first-order chi connectivity index (χ1) is 14.7. The summed E-state index contributed by atoms with van der Waals surface area (Å²) in [6.07, 6.45) is 1.15. The monoisotopic (exact) mass is 478 g/mol. The van der Waals surface area contributed by atoms with Crippen LogP contribution in [0.1, 0.15) is 5.56 Å². The van der Waals surface area contributed by atoms with Gasteiger partial charge in [0.25, 0.3) is 5.91 Å². The molecule has 3 aromatic carbocycles. The number of halogens is 2. The lowest BCUT2D eigenvalue weighted by Gasteiger charge is -2.23. The first kappa shape index (κ1) is 22.9. The van der Waals surface area contributed by atoms with Gasteiger partial charge in [-0.25, -0.2) is 8.42 Å². The average Bonchev–Trinajstić information content (AvgIpc) is 2.73. The number of hydrogen-bond acceptors (Lipinski definition) is 4. The van der Waals surface area contributed by atoms with E-state index in [9.17, 15) is 13.2 Å². The summed E-state index contributed by atoms with van der Waals surface area (Å²) in [5, 5.41) is 3.68. The quantitative estimate of drug-likeness (QED) is 0.495. The third kappa shape index (κ3) is 6.62. The molecule has 6 nitrogen and oxygen atoms in total. The molecule has 0 radical (unpaired) electrons. The summed E-state index contributed by atoms with van der Waals surface area (Å²) in [6.45, 7) is -0.0540. The van der Waals surface area contributed by atoms with Crippen molar-refractivity contribution in [2.24, 2.45) is 0 Å². The van der Waals surface area contributed by atoms with Gasteiger partial charge in [0.2, 0.25) is 10.0 Å². The van der Waals surface area contributed by atoms with Gasteiger partial charge in [0, 0.05) is 5.02 Å². The van der Waals surface area contributed by atoms with Gasteiger partial charge in [-0.3, -0.25) is 9.10 Å². The zero-order valence-electron chi connectivity index (χ0n) is 16.6. The molecule has 3 rings (SSSR count). The fourth-order valence-electron chi connectivity index (χ4n) is 2.76. The van der Waals surface area contributed by atoms with Gasteiger partial charge in [-0.1, -0.05) is 47.5 Å². The van der Waals surface area contributed by atoms with Gasteiger partial charge in [-0.15, -0.1) is 0 Å². The Kier molecular flexibility index (Phi) is 7.43. The van der Waals surface area contributed by atoms with Crippen LogP contribution in [0.2, 0.25) is 10.0 Å².